The van der Waals surface area contributed by atoms with E-state index in [9.17, 15) is 13.9 Å². The monoisotopic (exact) mass is 228 g/mol. The first-order chi connectivity index (χ1) is 7.66. The van der Waals surface area contributed by atoms with Gasteiger partial charge in [-0.05, 0) is 0 Å². The standard InChI is InChI=1S/C11H14F2N2O/c12-8-5-10(13)9(11(16)6-8)7-15-3-1-14-2-4-15/h5-6,14,16H,1-4,7H2. The third kappa shape index (κ3) is 2.48. The second-order valence-electron chi connectivity index (χ2n) is 3.91. The normalized spacial score (nSPS) is 17.6. The number of benzene rings is 1. The highest BCUT2D eigenvalue weighted by Crippen LogP contribution is 2.23. The van der Waals surface area contributed by atoms with Crippen molar-refractivity contribution in [2.75, 3.05) is 26.2 Å². The van der Waals surface area contributed by atoms with Crippen LogP contribution < -0.4 is 5.32 Å². The Morgan fingerprint density at radius 2 is 1.94 bits per heavy atom. The molecule has 1 heterocycles. The summed E-state index contributed by atoms with van der Waals surface area (Å²) in [5.74, 6) is -1.74. The predicted octanol–water partition coefficient (Wildman–Crippen LogP) is 1.08. The third-order valence-electron chi connectivity index (χ3n) is 2.73. The van der Waals surface area contributed by atoms with E-state index >= 15 is 0 Å². The lowest BCUT2D eigenvalue weighted by Gasteiger charge is -2.27. The van der Waals surface area contributed by atoms with E-state index in [0.29, 0.717) is 6.54 Å². The Balaban J connectivity index is 2.14. The average molecular weight is 228 g/mol. The summed E-state index contributed by atoms with van der Waals surface area (Å²) in [7, 11) is 0. The number of hydrogen-bond donors (Lipinski definition) is 2. The summed E-state index contributed by atoms with van der Waals surface area (Å²) >= 11 is 0. The largest absolute Gasteiger partial charge is 0.507 e. The topological polar surface area (TPSA) is 35.5 Å². The first kappa shape index (κ1) is 11.3. The maximum Gasteiger partial charge on any atom is 0.134 e. The Morgan fingerprint density at radius 3 is 2.56 bits per heavy atom. The molecule has 16 heavy (non-hydrogen) atoms. The minimum absolute atomic E-state index is 0.170. The molecule has 1 aromatic carbocycles. The summed E-state index contributed by atoms with van der Waals surface area (Å²) in [5, 5.41) is 12.7. The quantitative estimate of drug-likeness (QED) is 0.795. The second kappa shape index (κ2) is 4.76. The number of rotatable bonds is 2. The lowest BCUT2D eigenvalue weighted by molar-refractivity contribution is 0.227. The summed E-state index contributed by atoms with van der Waals surface area (Å²) in [4.78, 5) is 2.02. The van der Waals surface area contributed by atoms with Crippen LogP contribution in [0.1, 0.15) is 5.56 Å². The van der Waals surface area contributed by atoms with Crippen LogP contribution in [0, 0.1) is 11.6 Å². The van der Waals surface area contributed by atoms with E-state index in [4.69, 9.17) is 0 Å². The van der Waals surface area contributed by atoms with E-state index in [-0.39, 0.29) is 11.3 Å². The zero-order valence-corrected chi connectivity index (χ0v) is 8.84. The molecule has 0 bridgehead atoms. The molecule has 0 unspecified atom stereocenters. The molecule has 0 saturated carbocycles. The Labute approximate surface area is 92.7 Å². The van der Waals surface area contributed by atoms with Crippen LogP contribution in [0.15, 0.2) is 12.1 Å². The summed E-state index contributed by atoms with van der Waals surface area (Å²) < 4.78 is 26.2. The molecule has 0 aliphatic carbocycles. The number of aromatic hydroxyl groups is 1. The molecular weight excluding hydrogens is 214 g/mol. The van der Waals surface area contributed by atoms with Gasteiger partial charge in [-0.15, -0.1) is 0 Å². The zero-order valence-electron chi connectivity index (χ0n) is 8.84. The van der Waals surface area contributed by atoms with Crippen LogP contribution in [-0.2, 0) is 6.54 Å². The zero-order chi connectivity index (χ0) is 11.5. The lowest BCUT2D eigenvalue weighted by atomic mass is 10.1. The molecule has 5 heteroatoms. The van der Waals surface area contributed by atoms with Crippen molar-refractivity contribution in [1.29, 1.82) is 0 Å². The number of halogens is 2. The minimum atomic E-state index is -0.751. The Kier molecular flexibility index (Phi) is 3.36. The van der Waals surface area contributed by atoms with Gasteiger partial charge in [0.1, 0.15) is 17.4 Å². The van der Waals surface area contributed by atoms with Gasteiger partial charge in [0.2, 0.25) is 0 Å². The molecule has 0 radical (unpaired) electrons. The number of piperazine rings is 1. The van der Waals surface area contributed by atoms with Gasteiger partial charge >= 0.3 is 0 Å². The summed E-state index contributed by atoms with van der Waals surface area (Å²) in [6.07, 6.45) is 0. The van der Waals surface area contributed by atoms with Crippen molar-refractivity contribution < 1.29 is 13.9 Å². The first-order valence-electron chi connectivity index (χ1n) is 5.27. The van der Waals surface area contributed by atoms with Gasteiger partial charge in [-0.2, -0.15) is 0 Å². The Bertz CT molecular complexity index is 355. The second-order valence-corrected chi connectivity index (χ2v) is 3.91. The van der Waals surface area contributed by atoms with Gasteiger partial charge in [-0.3, -0.25) is 4.90 Å². The van der Waals surface area contributed by atoms with Crippen molar-refractivity contribution in [3.63, 3.8) is 0 Å². The van der Waals surface area contributed by atoms with Crippen molar-refractivity contribution >= 4 is 0 Å². The minimum Gasteiger partial charge on any atom is -0.507 e. The molecular formula is C11H14F2N2O. The van der Waals surface area contributed by atoms with Crippen molar-refractivity contribution in [2.45, 2.75) is 6.54 Å². The van der Waals surface area contributed by atoms with Gasteiger partial charge in [0, 0.05) is 50.4 Å². The van der Waals surface area contributed by atoms with Crippen LogP contribution in [0.4, 0.5) is 8.78 Å². The lowest BCUT2D eigenvalue weighted by Crippen LogP contribution is -2.43. The molecule has 1 aliphatic rings. The molecule has 0 spiro atoms. The van der Waals surface area contributed by atoms with Crippen LogP contribution in [0.3, 0.4) is 0 Å². The van der Waals surface area contributed by atoms with Gasteiger partial charge in [-0.25, -0.2) is 8.78 Å². The molecule has 1 fully saturated rings. The van der Waals surface area contributed by atoms with Crippen molar-refractivity contribution in [3.8, 4) is 5.75 Å². The van der Waals surface area contributed by atoms with Gasteiger partial charge in [0.05, 0.1) is 0 Å². The highest BCUT2D eigenvalue weighted by atomic mass is 19.1. The molecule has 2 N–H and O–H groups in total. The van der Waals surface area contributed by atoms with Crippen LogP contribution in [0.5, 0.6) is 5.75 Å². The molecule has 1 saturated heterocycles. The van der Waals surface area contributed by atoms with Gasteiger partial charge < -0.3 is 10.4 Å². The Hall–Kier alpha value is -1.20. The molecule has 2 rings (SSSR count). The molecule has 0 atom stereocenters. The van der Waals surface area contributed by atoms with Crippen LogP contribution >= 0.6 is 0 Å². The fourth-order valence-corrected chi connectivity index (χ4v) is 1.84. The number of phenolic OH excluding ortho intramolecular Hbond substituents is 1. The fraction of sp³-hybridized carbons (Fsp3) is 0.455. The first-order valence-corrected chi connectivity index (χ1v) is 5.27. The highest BCUT2D eigenvalue weighted by Gasteiger charge is 2.16. The van der Waals surface area contributed by atoms with Crippen LogP contribution in [0.2, 0.25) is 0 Å². The SMILES string of the molecule is Oc1cc(F)cc(F)c1CN1CCNCC1. The average Bonchev–Trinajstić information content (AvgIpc) is 2.25. The van der Waals surface area contributed by atoms with Crippen molar-refractivity contribution in [2.24, 2.45) is 0 Å². The van der Waals surface area contributed by atoms with Gasteiger partial charge in [-0.1, -0.05) is 0 Å². The van der Waals surface area contributed by atoms with E-state index in [0.717, 1.165) is 38.3 Å². The smallest absolute Gasteiger partial charge is 0.134 e. The Morgan fingerprint density at radius 1 is 1.25 bits per heavy atom. The summed E-state index contributed by atoms with van der Waals surface area (Å²) in [5.41, 5.74) is 0.170. The fourth-order valence-electron chi connectivity index (χ4n) is 1.84. The number of nitrogens with one attached hydrogen (secondary N) is 1. The molecule has 0 amide bonds. The van der Waals surface area contributed by atoms with E-state index in [1.54, 1.807) is 0 Å². The summed E-state index contributed by atoms with van der Waals surface area (Å²) in [6, 6.07) is 1.75. The van der Waals surface area contributed by atoms with Gasteiger partial charge in [0.15, 0.2) is 0 Å². The van der Waals surface area contributed by atoms with E-state index in [2.05, 4.69) is 5.32 Å². The van der Waals surface area contributed by atoms with Crippen molar-refractivity contribution in [3.05, 3.63) is 29.3 Å². The summed E-state index contributed by atoms with van der Waals surface area (Å²) in [6.45, 7) is 3.62. The third-order valence-corrected chi connectivity index (χ3v) is 2.73. The van der Waals surface area contributed by atoms with Crippen LogP contribution in [-0.4, -0.2) is 36.2 Å². The van der Waals surface area contributed by atoms with E-state index in [1.807, 2.05) is 4.90 Å². The maximum atomic E-state index is 13.4. The number of nitrogens with zero attached hydrogens (tertiary/aromatic N) is 1. The number of hydrogen-bond acceptors (Lipinski definition) is 3. The van der Waals surface area contributed by atoms with Crippen LogP contribution in [0.25, 0.3) is 0 Å². The molecule has 0 aromatic heterocycles. The van der Waals surface area contributed by atoms with Crippen molar-refractivity contribution in [1.82, 2.24) is 10.2 Å². The predicted molar refractivity (Wildman–Crippen MR) is 56.2 cm³/mol. The van der Waals surface area contributed by atoms with E-state index < -0.39 is 11.6 Å². The molecule has 1 aliphatic heterocycles. The maximum absolute atomic E-state index is 13.4. The molecule has 88 valence electrons. The van der Waals surface area contributed by atoms with Gasteiger partial charge in [0.25, 0.3) is 0 Å². The molecule has 1 aromatic rings. The highest BCUT2D eigenvalue weighted by molar-refractivity contribution is 5.34. The molecule has 3 nitrogen and oxygen atoms in total. The van der Waals surface area contributed by atoms with E-state index in [1.165, 1.54) is 0 Å². The number of phenols is 1.